The normalized spacial score (nSPS) is 18.9. The largest absolute Gasteiger partial charge is 0.385 e. The van der Waals surface area contributed by atoms with Crippen molar-refractivity contribution in [3.63, 3.8) is 0 Å². The lowest BCUT2D eigenvalue weighted by atomic mass is 10.1. The summed E-state index contributed by atoms with van der Waals surface area (Å²) in [5, 5.41) is 0. The van der Waals surface area contributed by atoms with Crippen LogP contribution in [0.1, 0.15) is 18.7 Å². The van der Waals surface area contributed by atoms with Gasteiger partial charge in [0.2, 0.25) is 0 Å². The third kappa shape index (κ3) is 2.83. The molecule has 3 rings (SSSR count). The number of aromatic nitrogens is 3. The Bertz CT molecular complexity index is 561. The van der Waals surface area contributed by atoms with E-state index in [-0.39, 0.29) is 0 Å². The van der Waals surface area contributed by atoms with E-state index in [0.717, 1.165) is 62.6 Å². The average Bonchev–Trinajstić information content (AvgIpc) is 3.09. The highest BCUT2D eigenvalue weighted by molar-refractivity contribution is 5.71. The lowest BCUT2D eigenvalue weighted by Crippen LogP contribution is -2.14. The second-order valence-corrected chi connectivity index (χ2v) is 5.31. The summed E-state index contributed by atoms with van der Waals surface area (Å²) in [5.74, 6) is 1.69. The molecule has 0 aliphatic carbocycles. The molecule has 3 heterocycles. The molecule has 0 amide bonds. The molecule has 5 heteroatoms. The zero-order valence-electron chi connectivity index (χ0n) is 11.9. The quantitative estimate of drug-likeness (QED) is 0.757. The van der Waals surface area contributed by atoms with E-state index in [0.29, 0.717) is 5.92 Å². The van der Waals surface area contributed by atoms with Crippen molar-refractivity contribution in [2.24, 2.45) is 5.92 Å². The molecule has 0 aromatic carbocycles. The number of imidazole rings is 1. The van der Waals surface area contributed by atoms with Gasteiger partial charge in [0.1, 0.15) is 11.3 Å². The number of hydrogen-bond acceptors (Lipinski definition) is 4. The molecule has 1 aliphatic rings. The van der Waals surface area contributed by atoms with E-state index >= 15 is 0 Å². The van der Waals surface area contributed by atoms with Crippen LogP contribution in [-0.4, -0.2) is 41.5 Å². The molecule has 5 nitrogen and oxygen atoms in total. The molecule has 108 valence electrons. The van der Waals surface area contributed by atoms with Crippen molar-refractivity contribution in [2.75, 3.05) is 26.9 Å². The molecule has 20 heavy (non-hydrogen) atoms. The molecule has 2 aromatic rings. The first-order chi connectivity index (χ1) is 9.88. The fraction of sp³-hybridized carbons (Fsp3) is 0.600. The Labute approximate surface area is 118 Å². The highest BCUT2D eigenvalue weighted by Gasteiger charge is 2.20. The summed E-state index contributed by atoms with van der Waals surface area (Å²) in [6.45, 7) is 3.45. The summed E-state index contributed by atoms with van der Waals surface area (Å²) < 4.78 is 12.9. The SMILES string of the molecule is COCCCc1nc2cccnc2n1CC1CCOC1. The molecule has 0 N–H and O–H groups in total. The number of aryl methyl sites for hydroxylation is 1. The highest BCUT2D eigenvalue weighted by atomic mass is 16.5. The van der Waals surface area contributed by atoms with Gasteiger partial charge in [0.15, 0.2) is 5.65 Å². The number of ether oxygens (including phenoxy) is 2. The average molecular weight is 275 g/mol. The van der Waals surface area contributed by atoms with Crippen LogP contribution in [0.2, 0.25) is 0 Å². The van der Waals surface area contributed by atoms with Gasteiger partial charge in [0.05, 0.1) is 6.61 Å². The number of fused-ring (bicyclic) bond motifs is 1. The Balaban J connectivity index is 1.86. The Kier molecular flexibility index (Phi) is 4.28. The maximum atomic E-state index is 5.48. The van der Waals surface area contributed by atoms with E-state index < -0.39 is 0 Å². The lowest BCUT2D eigenvalue weighted by Gasteiger charge is -2.12. The van der Waals surface area contributed by atoms with E-state index in [9.17, 15) is 0 Å². The van der Waals surface area contributed by atoms with Gasteiger partial charge in [-0.25, -0.2) is 9.97 Å². The van der Waals surface area contributed by atoms with E-state index in [1.54, 1.807) is 7.11 Å². The third-order valence-corrected chi connectivity index (χ3v) is 3.80. The monoisotopic (exact) mass is 275 g/mol. The van der Waals surface area contributed by atoms with Crippen LogP contribution < -0.4 is 0 Å². The third-order valence-electron chi connectivity index (χ3n) is 3.80. The number of methoxy groups -OCH3 is 1. The molecule has 0 bridgehead atoms. The van der Waals surface area contributed by atoms with Gasteiger partial charge in [0.25, 0.3) is 0 Å². The Morgan fingerprint density at radius 2 is 2.45 bits per heavy atom. The van der Waals surface area contributed by atoms with Crippen molar-refractivity contribution < 1.29 is 9.47 Å². The first kappa shape index (κ1) is 13.5. The maximum Gasteiger partial charge on any atom is 0.159 e. The summed E-state index contributed by atoms with van der Waals surface area (Å²) in [4.78, 5) is 9.23. The van der Waals surface area contributed by atoms with Crippen molar-refractivity contribution in [3.05, 3.63) is 24.2 Å². The Morgan fingerprint density at radius 3 is 3.25 bits per heavy atom. The fourth-order valence-electron chi connectivity index (χ4n) is 2.75. The molecule has 2 aromatic heterocycles. The first-order valence-corrected chi connectivity index (χ1v) is 7.25. The van der Waals surface area contributed by atoms with E-state index in [1.165, 1.54) is 0 Å². The molecule has 1 unspecified atom stereocenters. The number of hydrogen-bond donors (Lipinski definition) is 0. The van der Waals surface area contributed by atoms with E-state index in [1.807, 2.05) is 18.3 Å². The van der Waals surface area contributed by atoms with Crippen molar-refractivity contribution >= 4 is 11.2 Å². The summed E-state index contributed by atoms with van der Waals surface area (Å²) in [6.07, 6.45) is 4.88. The number of pyridine rings is 1. The van der Waals surface area contributed by atoms with Crippen molar-refractivity contribution in [1.82, 2.24) is 14.5 Å². The van der Waals surface area contributed by atoms with Gasteiger partial charge in [-0.1, -0.05) is 0 Å². The zero-order valence-corrected chi connectivity index (χ0v) is 11.9. The Hall–Kier alpha value is -1.46. The van der Waals surface area contributed by atoms with Crippen LogP contribution >= 0.6 is 0 Å². The highest BCUT2D eigenvalue weighted by Crippen LogP contribution is 2.21. The maximum absolute atomic E-state index is 5.48. The molecular weight excluding hydrogens is 254 g/mol. The van der Waals surface area contributed by atoms with Crippen molar-refractivity contribution in [3.8, 4) is 0 Å². The van der Waals surface area contributed by atoms with E-state index in [4.69, 9.17) is 14.5 Å². The van der Waals surface area contributed by atoms with Crippen molar-refractivity contribution in [1.29, 1.82) is 0 Å². The molecule has 0 radical (unpaired) electrons. The molecule has 1 fully saturated rings. The summed E-state index contributed by atoms with van der Waals surface area (Å²) in [5.41, 5.74) is 1.98. The second kappa shape index (κ2) is 6.33. The fourth-order valence-corrected chi connectivity index (χ4v) is 2.75. The minimum Gasteiger partial charge on any atom is -0.385 e. The predicted molar refractivity (Wildman–Crippen MR) is 76.7 cm³/mol. The molecule has 0 saturated carbocycles. The lowest BCUT2D eigenvalue weighted by molar-refractivity contribution is 0.182. The molecule has 1 aliphatic heterocycles. The van der Waals surface area contributed by atoms with Crippen LogP contribution in [0.25, 0.3) is 11.2 Å². The van der Waals surface area contributed by atoms with Crippen LogP contribution in [0.4, 0.5) is 0 Å². The Morgan fingerprint density at radius 1 is 1.50 bits per heavy atom. The molecule has 1 atom stereocenters. The first-order valence-electron chi connectivity index (χ1n) is 7.25. The minimum absolute atomic E-state index is 0.579. The van der Waals surface area contributed by atoms with Crippen LogP contribution in [0.3, 0.4) is 0 Å². The van der Waals surface area contributed by atoms with Gasteiger partial charge in [-0.05, 0) is 25.0 Å². The smallest absolute Gasteiger partial charge is 0.159 e. The van der Waals surface area contributed by atoms with Crippen LogP contribution in [-0.2, 0) is 22.4 Å². The van der Waals surface area contributed by atoms with Gasteiger partial charge in [-0.2, -0.15) is 0 Å². The van der Waals surface area contributed by atoms with Gasteiger partial charge >= 0.3 is 0 Å². The molecule has 1 saturated heterocycles. The van der Waals surface area contributed by atoms with Crippen LogP contribution in [0.15, 0.2) is 18.3 Å². The van der Waals surface area contributed by atoms with Crippen LogP contribution in [0.5, 0.6) is 0 Å². The van der Waals surface area contributed by atoms with Gasteiger partial charge in [0, 0.05) is 45.4 Å². The van der Waals surface area contributed by atoms with Crippen molar-refractivity contribution in [2.45, 2.75) is 25.8 Å². The van der Waals surface area contributed by atoms with Crippen LogP contribution in [0, 0.1) is 5.92 Å². The molecular formula is C15H21N3O2. The summed E-state index contributed by atoms with van der Waals surface area (Å²) >= 11 is 0. The molecule has 0 spiro atoms. The predicted octanol–water partition coefficient (Wildman–Crippen LogP) is 2.05. The number of nitrogens with zero attached hydrogens (tertiary/aromatic N) is 3. The minimum atomic E-state index is 0.579. The van der Waals surface area contributed by atoms with Gasteiger partial charge in [-0.3, -0.25) is 0 Å². The summed E-state index contributed by atoms with van der Waals surface area (Å²) in [6, 6.07) is 3.97. The number of rotatable bonds is 6. The standard InChI is InChI=1S/C15H21N3O2/c1-19-8-3-5-14-17-13-4-2-7-16-15(13)18(14)10-12-6-9-20-11-12/h2,4,7,12H,3,5-6,8-11H2,1H3. The van der Waals surface area contributed by atoms with Gasteiger partial charge in [-0.15, -0.1) is 0 Å². The second-order valence-electron chi connectivity index (χ2n) is 5.31. The topological polar surface area (TPSA) is 49.2 Å². The van der Waals surface area contributed by atoms with E-state index in [2.05, 4.69) is 9.55 Å². The summed E-state index contributed by atoms with van der Waals surface area (Å²) in [7, 11) is 1.74. The van der Waals surface area contributed by atoms with Gasteiger partial charge < -0.3 is 14.0 Å². The zero-order chi connectivity index (χ0) is 13.8.